The average molecular weight is 1120 g/mol. The molecule has 11 rings (SSSR count). The van der Waals surface area contributed by atoms with Crippen molar-refractivity contribution in [1.82, 2.24) is 9.55 Å². The number of ether oxygens (including phenoxy) is 2. The van der Waals surface area contributed by atoms with E-state index in [4.69, 9.17) is 28.2 Å². The van der Waals surface area contributed by atoms with E-state index in [-0.39, 0.29) is 60.8 Å². The van der Waals surface area contributed by atoms with E-state index >= 15 is 0 Å². The quantitative estimate of drug-likeness (QED) is 0.121. The van der Waals surface area contributed by atoms with Gasteiger partial charge in [0.25, 0.3) is 0 Å². The second-order valence-electron chi connectivity index (χ2n) is 19.0. The molecule has 0 radical (unpaired) electrons. The van der Waals surface area contributed by atoms with Crippen LogP contribution in [-0.4, -0.2) is 9.55 Å². The number of pyridine rings is 1. The molecule has 0 amide bonds. The molecule has 0 saturated carbocycles. The van der Waals surface area contributed by atoms with E-state index in [1.165, 1.54) is 0 Å². The maximum atomic E-state index is 9.12. The van der Waals surface area contributed by atoms with Crippen LogP contribution in [0.25, 0.3) is 49.9 Å². The summed E-state index contributed by atoms with van der Waals surface area (Å²) in [5.74, 6) is 3.41. The van der Waals surface area contributed by atoms with Crippen LogP contribution in [0.1, 0.15) is 90.7 Å². The van der Waals surface area contributed by atoms with Gasteiger partial charge in [-0.2, -0.15) is 6.07 Å². The fraction of sp³-hybridized carbons (Fsp3) is 0.156. The van der Waals surface area contributed by atoms with Crippen molar-refractivity contribution in [2.75, 3.05) is 9.80 Å². The molecule has 0 N–H and O–H groups in total. The summed E-state index contributed by atoms with van der Waals surface area (Å²) in [6.07, 6.45) is 1.76. The van der Waals surface area contributed by atoms with Gasteiger partial charge in [-0.25, -0.2) is 4.98 Å². The number of rotatable bonds is 11. The van der Waals surface area contributed by atoms with Crippen LogP contribution in [-0.2, 0) is 26.5 Å². The molecule has 0 spiro atoms. The monoisotopic (exact) mass is 1120 g/mol. The van der Waals surface area contributed by atoms with Gasteiger partial charge in [-0.1, -0.05) is 181 Å². The number of anilines is 4. The number of para-hydroxylation sites is 5. The van der Waals surface area contributed by atoms with Gasteiger partial charge < -0.3 is 23.8 Å². The van der Waals surface area contributed by atoms with E-state index in [9.17, 15) is 0 Å². The average Bonchev–Trinajstić information content (AvgIpc) is 4.05. The van der Waals surface area contributed by atoms with Crippen molar-refractivity contribution in [2.45, 2.75) is 65.7 Å². The molecule has 0 aliphatic carbocycles. The molecule has 0 unspecified atom stereocenters. The first-order valence-corrected chi connectivity index (χ1v) is 23.4. The van der Waals surface area contributed by atoms with E-state index in [0.717, 1.165) is 44.2 Å². The number of aromatic nitrogens is 2. The van der Waals surface area contributed by atoms with Crippen LogP contribution in [0, 0.1) is 18.8 Å². The van der Waals surface area contributed by atoms with Crippen LogP contribution in [0.4, 0.5) is 22.7 Å². The van der Waals surface area contributed by atoms with Crippen LogP contribution in [0.15, 0.2) is 188 Å². The Hall–Kier alpha value is -7.40. The Morgan fingerprint density at radius 1 is 0.606 bits per heavy atom. The Kier molecular flexibility index (Phi) is 9.99. The second-order valence-corrected chi connectivity index (χ2v) is 19.0. The summed E-state index contributed by atoms with van der Waals surface area (Å²) in [6, 6.07) is 40.4. The molecular formula is C64H55N4O2Pt-3. The molecule has 8 aromatic carbocycles. The number of hydrogen-bond donors (Lipinski definition) is 0. The van der Waals surface area contributed by atoms with Crippen LogP contribution in [0.2, 0.25) is 0 Å². The first-order chi connectivity index (χ1) is 38.1. The third-order valence-corrected chi connectivity index (χ3v) is 12.7. The Labute approximate surface area is 446 Å². The molecule has 3 heterocycles. The van der Waals surface area contributed by atoms with Gasteiger partial charge in [0.2, 0.25) is 0 Å². The maximum Gasteiger partial charge on any atom is 0.139 e. The first kappa shape index (κ1) is 36.5. The third kappa shape index (κ3) is 9.02. The summed E-state index contributed by atoms with van der Waals surface area (Å²) >= 11 is 0. The van der Waals surface area contributed by atoms with Gasteiger partial charge in [0.1, 0.15) is 17.3 Å². The minimum absolute atomic E-state index is 0. The molecule has 356 valence electrons. The molecule has 0 saturated heterocycles. The molecule has 0 atom stereocenters. The molecular weight excluding hydrogens is 1050 g/mol. The predicted molar refractivity (Wildman–Crippen MR) is 288 cm³/mol. The summed E-state index contributed by atoms with van der Waals surface area (Å²) in [6.45, 7) is 16.7. The largest absolute Gasteiger partial charge is 0.509 e. The second kappa shape index (κ2) is 19.4. The van der Waals surface area contributed by atoms with Crippen molar-refractivity contribution in [3.8, 4) is 51.1 Å². The summed E-state index contributed by atoms with van der Waals surface area (Å²) in [4.78, 5) is 8.56. The minimum Gasteiger partial charge on any atom is -0.509 e. The standard InChI is InChI=1S/C64H55N4O2.Pt/c1-42(2)51-25-18-26-52(43(3)4)63(51)70-49-34-35-65-61(40-49)68-57-29-15-14-24-55(57)56-33-32-48(39-60(56)68)69-50-37-46(64(5,6)7)36-47(38-50)66-41-67(59-31-17-16-30-58(59)66)62-53(44-20-10-8-11-21-44)27-19-28-54(62)45-22-12-9-13-23-45;/h8-37,40-43H,1-7H3;/q-3;/i8D,9D,10D,11D,12D,13D,20D,21D,22D,23D;. The molecule has 2 aromatic heterocycles. The molecule has 6 nitrogen and oxygen atoms in total. The zero-order valence-electron chi connectivity index (χ0n) is 50.3. The minimum atomic E-state index is -0.569. The molecule has 71 heavy (non-hydrogen) atoms. The number of nitrogens with zero attached hydrogens (tertiary/aromatic N) is 4. The van der Waals surface area contributed by atoms with E-state index in [0.29, 0.717) is 40.1 Å². The van der Waals surface area contributed by atoms with Gasteiger partial charge in [-0.3, -0.25) is 0 Å². The van der Waals surface area contributed by atoms with Crippen LogP contribution >= 0.6 is 0 Å². The summed E-state index contributed by atoms with van der Waals surface area (Å²) in [5.41, 5.74) is 6.50. The normalized spacial score (nSPS) is 14.4. The van der Waals surface area contributed by atoms with Crippen molar-refractivity contribution in [1.29, 1.82) is 0 Å². The van der Waals surface area contributed by atoms with Gasteiger partial charge in [0, 0.05) is 78.5 Å². The molecule has 1 aliphatic heterocycles. The maximum absolute atomic E-state index is 9.12. The van der Waals surface area contributed by atoms with Crippen molar-refractivity contribution >= 4 is 44.6 Å². The van der Waals surface area contributed by atoms with Gasteiger partial charge in [0.05, 0.1) is 13.7 Å². The molecule has 0 bridgehead atoms. The Bertz CT molecular complexity index is 3990. The Morgan fingerprint density at radius 3 is 1.87 bits per heavy atom. The summed E-state index contributed by atoms with van der Waals surface area (Å²) < 4.78 is 104. The number of hydrogen-bond acceptors (Lipinski definition) is 5. The van der Waals surface area contributed by atoms with E-state index < -0.39 is 65.8 Å². The Morgan fingerprint density at radius 2 is 1.23 bits per heavy atom. The zero-order chi connectivity index (χ0) is 56.8. The van der Waals surface area contributed by atoms with Crippen molar-refractivity contribution in [3.05, 3.63) is 223 Å². The van der Waals surface area contributed by atoms with Crippen molar-refractivity contribution < 1.29 is 44.2 Å². The van der Waals surface area contributed by atoms with Gasteiger partial charge >= 0.3 is 0 Å². The van der Waals surface area contributed by atoms with Crippen LogP contribution in [0.3, 0.4) is 0 Å². The molecule has 10 aromatic rings. The van der Waals surface area contributed by atoms with Gasteiger partial charge in [-0.05, 0) is 69.2 Å². The molecule has 1 aliphatic rings. The number of benzene rings is 8. The first-order valence-electron chi connectivity index (χ1n) is 28.4. The van der Waals surface area contributed by atoms with Crippen LogP contribution in [0.5, 0.6) is 23.0 Å². The summed E-state index contributed by atoms with van der Waals surface area (Å²) in [5, 5.41) is 1.95. The van der Waals surface area contributed by atoms with Gasteiger partial charge in [0.15, 0.2) is 0 Å². The predicted octanol–water partition coefficient (Wildman–Crippen LogP) is 17.6. The number of fused-ring (bicyclic) bond motifs is 4. The third-order valence-electron chi connectivity index (χ3n) is 12.7. The van der Waals surface area contributed by atoms with Gasteiger partial charge in [-0.15, -0.1) is 53.6 Å². The summed E-state index contributed by atoms with van der Waals surface area (Å²) in [7, 11) is 0. The van der Waals surface area contributed by atoms with E-state index in [2.05, 4.69) is 95.5 Å². The topological polar surface area (TPSA) is 42.8 Å². The smallest absolute Gasteiger partial charge is 0.139 e. The van der Waals surface area contributed by atoms with E-state index in [1.807, 2.05) is 77.7 Å². The van der Waals surface area contributed by atoms with E-state index in [1.54, 1.807) is 36.0 Å². The zero-order valence-corrected chi connectivity index (χ0v) is 42.6. The Balaban J connectivity index is 0.00000736. The molecule has 0 fully saturated rings. The fourth-order valence-electron chi connectivity index (χ4n) is 9.20. The fourth-order valence-corrected chi connectivity index (χ4v) is 9.20. The van der Waals surface area contributed by atoms with Crippen molar-refractivity contribution in [2.24, 2.45) is 0 Å². The molecule has 7 heteroatoms. The van der Waals surface area contributed by atoms with Crippen molar-refractivity contribution in [3.63, 3.8) is 0 Å². The van der Waals surface area contributed by atoms with Crippen LogP contribution < -0.4 is 19.3 Å². The SMILES string of the molecule is [2H]c1c([2H])c([2H])c(-c2cccc(-c3c([2H])c([2H])c([2H])c([2H])c3[2H])c2N2[CH-]N(c3[c-]c(Oc4[c-]c5c(cc4)c4ccccc4n5-c4cc(Oc5c(C(C)C)cccc5C(C)C)ccn4)cc(C(C)(C)C)c3)c3ccccc32)c([2H])c1[2H].[Pt].